The molecule has 3 unspecified atom stereocenters. The number of nitrogens with one attached hydrogen (secondary N) is 2. The van der Waals surface area contributed by atoms with Crippen LogP contribution in [0, 0.1) is 19.8 Å². The van der Waals surface area contributed by atoms with Crippen molar-refractivity contribution in [1.29, 1.82) is 0 Å². The molecule has 0 aliphatic rings. The average Bonchev–Trinajstić information content (AvgIpc) is 2.82. The number of hydrogen-bond donors (Lipinski definition) is 2. The van der Waals surface area contributed by atoms with Crippen LogP contribution >= 0.6 is 0 Å². The smallest absolute Gasteiger partial charge is 0.408 e. The summed E-state index contributed by atoms with van der Waals surface area (Å²) in [6, 6.07) is 13.1. The highest BCUT2D eigenvalue weighted by molar-refractivity contribution is 5.99. The van der Waals surface area contributed by atoms with Crippen LogP contribution in [-0.4, -0.2) is 41.0 Å². The fraction of sp³-hybridized carbons (Fsp3) is 0.433. The van der Waals surface area contributed by atoms with E-state index >= 15 is 0 Å². The second kappa shape index (κ2) is 13.1. The summed E-state index contributed by atoms with van der Waals surface area (Å²) >= 11 is 0. The van der Waals surface area contributed by atoms with E-state index in [4.69, 9.17) is 4.74 Å². The zero-order chi connectivity index (χ0) is 27.8. The van der Waals surface area contributed by atoms with Gasteiger partial charge in [0.15, 0.2) is 0 Å². The largest absolute Gasteiger partial charge is 0.444 e. The zero-order valence-electron chi connectivity index (χ0n) is 23.1. The molecule has 200 valence electrons. The van der Waals surface area contributed by atoms with E-state index in [0.717, 1.165) is 11.1 Å². The van der Waals surface area contributed by atoms with Gasteiger partial charge in [0, 0.05) is 12.2 Å². The molecule has 0 spiro atoms. The SMILES string of the molecule is C=CCN(C(=O)C(NC(=O)OC(C)(C)C)C(C)CC)C(C(=O)Nc1ccccc1C)c1ccccc1C. The molecule has 0 radical (unpaired) electrons. The number of rotatable bonds is 10. The Balaban J connectivity index is 2.55. The van der Waals surface area contributed by atoms with Gasteiger partial charge in [0.1, 0.15) is 17.7 Å². The molecule has 7 heteroatoms. The fourth-order valence-corrected chi connectivity index (χ4v) is 4.02. The van der Waals surface area contributed by atoms with Crippen LogP contribution in [0.1, 0.15) is 63.8 Å². The molecule has 2 rings (SSSR count). The second-order valence-corrected chi connectivity index (χ2v) is 10.4. The van der Waals surface area contributed by atoms with Gasteiger partial charge in [-0.15, -0.1) is 6.58 Å². The summed E-state index contributed by atoms with van der Waals surface area (Å²) in [5.74, 6) is -0.934. The van der Waals surface area contributed by atoms with Crippen LogP contribution < -0.4 is 10.6 Å². The van der Waals surface area contributed by atoms with Gasteiger partial charge < -0.3 is 20.3 Å². The first kappa shape index (κ1) is 29.6. The van der Waals surface area contributed by atoms with Crippen molar-refractivity contribution in [2.24, 2.45) is 5.92 Å². The minimum atomic E-state index is -0.946. The maximum absolute atomic E-state index is 14.1. The molecule has 0 aromatic heterocycles. The van der Waals surface area contributed by atoms with Gasteiger partial charge in [-0.25, -0.2) is 4.79 Å². The molecule has 0 bridgehead atoms. The van der Waals surface area contributed by atoms with Gasteiger partial charge in [-0.2, -0.15) is 0 Å². The normalized spacial score (nSPS) is 13.6. The first-order valence-electron chi connectivity index (χ1n) is 12.7. The molecule has 0 aliphatic carbocycles. The van der Waals surface area contributed by atoms with Crippen LogP contribution in [0.2, 0.25) is 0 Å². The standard InChI is InChI=1S/C30H41N3O4/c1-9-19-33(28(35)25(20(3)10-2)32-29(36)37-30(6,7)8)26(23-17-13-11-15-21(23)4)27(34)31-24-18-14-12-16-22(24)5/h9,11-18,20,25-26H,1,10,19H2,2-8H3,(H,31,34)(H,32,36). The Kier molecular flexibility index (Phi) is 10.5. The molecule has 2 aromatic rings. The van der Waals surface area contributed by atoms with Crippen molar-refractivity contribution in [2.75, 3.05) is 11.9 Å². The summed E-state index contributed by atoms with van der Waals surface area (Å²) in [6.45, 7) is 16.9. The van der Waals surface area contributed by atoms with E-state index in [-0.39, 0.29) is 24.3 Å². The average molecular weight is 508 g/mol. The molecular weight excluding hydrogens is 466 g/mol. The number of anilines is 1. The van der Waals surface area contributed by atoms with Crippen molar-refractivity contribution in [3.05, 3.63) is 77.9 Å². The van der Waals surface area contributed by atoms with Crippen LogP contribution in [0.15, 0.2) is 61.2 Å². The lowest BCUT2D eigenvalue weighted by Gasteiger charge is -2.36. The summed E-state index contributed by atoms with van der Waals surface area (Å²) in [5.41, 5.74) is 2.43. The molecule has 0 aliphatic heterocycles. The Bertz CT molecular complexity index is 1110. The topological polar surface area (TPSA) is 87.7 Å². The van der Waals surface area contributed by atoms with E-state index in [1.165, 1.54) is 4.90 Å². The minimum Gasteiger partial charge on any atom is -0.444 e. The number of carbonyl (C=O) groups excluding carboxylic acids is 3. The minimum absolute atomic E-state index is 0.113. The lowest BCUT2D eigenvalue weighted by molar-refractivity contribution is -0.141. The maximum atomic E-state index is 14.1. The molecule has 0 heterocycles. The third-order valence-electron chi connectivity index (χ3n) is 6.21. The van der Waals surface area contributed by atoms with E-state index in [9.17, 15) is 14.4 Å². The molecule has 3 atom stereocenters. The molecule has 37 heavy (non-hydrogen) atoms. The zero-order valence-corrected chi connectivity index (χ0v) is 23.1. The van der Waals surface area contributed by atoms with Gasteiger partial charge in [-0.05, 0) is 63.3 Å². The van der Waals surface area contributed by atoms with Gasteiger partial charge in [0.25, 0.3) is 5.91 Å². The van der Waals surface area contributed by atoms with Crippen LogP contribution in [0.3, 0.4) is 0 Å². The summed E-state index contributed by atoms with van der Waals surface area (Å²) in [4.78, 5) is 42.1. The lowest BCUT2D eigenvalue weighted by atomic mass is 9.94. The highest BCUT2D eigenvalue weighted by atomic mass is 16.6. The predicted octanol–water partition coefficient (Wildman–Crippen LogP) is 5.94. The molecule has 3 amide bonds. The van der Waals surface area contributed by atoms with Crippen LogP contribution in [0.25, 0.3) is 0 Å². The summed E-state index contributed by atoms with van der Waals surface area (Å²) in [5, 5.41) is 5.77. The fourth-order valence-electron chi connectivity index (χ4n) is 4.02. The highest BCUT2D eigenvalue weighted by Crippen LogP contribution is 2.28. The Morgan fingerprint density at radius 3 is 2.16 bits per heavy atom. The summed E-state index contributed by atoms with van der Waals surface area (Å²) in [6.07, 6.45) is 1.55. The van der Waals surface area contributed by atoms with Crippen LogP contribution in [0.5, 0.6) is 0 Å². The van der Waals surface area contributed by atoms with Crippen molar-refractivity contribution in [2.45, 2.75) is 72.6 Å². The Hall–Kier alpha value is -3.61. The first-order chi connectivity index (χ1) is 17.4. The van der Waals surface area contributed by atoms with Crippen LogP contribution in [-0.2, 0) is 14.3 Å². The number of para-hydroxylation sites is 1. The summed E-state index contributed by atoms with van der Waals surface area (Å²) in [7, 11) is 0. The second-order valence-electron chi connectivity index (χ2n) is 10.4. The number of alkyl carbamates (subject to hydrolysis) is 1. The van der Waals surface area contributed by atoms with E-state index in [2.05, 4.69) is 17.2 Å². The van der Waals surface area contributed by atoms with Gasteiger partial charge in [0.2, 0.25) is 5.91 Å². The maximum Gasteiger partial charge on any atom is 0.408 e. The monoisotopic (exact) mass is 507 g/mol. The van der Waals surface area contributed by atoms with E-state index in [0.29, 0.717) is 17.7 Å². The molecule has 2 aromatic carbocycles. The molecule has 2 N–H and O–H groups in total. The van der Waals surface area contributed by atoms with Crippen LogP contribution in [0.4, 0.5) is 10.5 Å². The number of hydrogen-bond acceptors (Lipinski definition) is 4. The van der Waals surface area contributed by atoms with Crippen molar-refractivity contribution >= 4 is 23.6 Å². The number of amides is 3. The van der Waals surface area contributed by atoms with Gasteiger partial charge in [-0.3, -0.25) is 9.59 Å². The molecule has 7 nitrogen and oxygen atoms in total. The van der Waals surface area contributed by atoms with E-state index < -0.39 is 23.8 Å². The van der Waals surface area contributed by atoms with E-state index in [1.54, 1.807) is 26.8 Å². The Morgan fingerprint density at radius 2 is 1.62 bits per heavy atom. The third kappa shape index (κ3) is 8.20. The molecule has 0 saturated heterocycles. The number of carbonyl (C=O) groups is 3. The summed E-state index contributed by atoms with van der Waals surface area (Å²) < 4.78 is 5.44. The lowest BCUT2D eigenvalue weighted by Crippen LogP contribution is -2.54. The number of benzene rings is 2. The van der Waals surface area contributed by atoms with Gasteiger partial charge in [-0.1, -0.05) is 68.8 Å². The number of ether oxygens (including phenoxy) is 1. The van der Waals surface area contributed by atoms with Crippen molar-refractivity contribution in [1.82, 2.24) is 10.2 Å². The quantitative estimate of drug-likeness (QED) is 0.390. The third-order valence-corrected chi connectivity index (χ3v) is 6.21. The predicted molar refractivity (Wildman–Crippen MR) is 148 cm³/mol. The number of nitrogens with zero attached hydrogens (tertiary/aromatic N) is 1. The number of aryl methyl sites for hydroxylation is 2. The van der Waals surface area contributed by atoms with Crippen molar-refractivity contribution in [3.8, 4) is 0 Å². The first-order valence-corrected chi connectivity index (χ1v) is 12.7. The van der Waals surface area contributed by atoms with Crippen molar-refractivity contribution < 1.29 is 19.1 Å². The van der Waals surface area contributed by atoms with E-state index in [1.807, 2.05) is 76.2 Å². The Morgan fingerprint density at radius 1 is 1.03 bits per heavy atom. The highest BCUT2D eigenvalue weighted by Gasteiger charge is 2.38. The molecule has 0 fully saturated rings. The van der Waals surface area contributed by atoms with Gasteiger partial charge >= 0.3 is 6.09 Å². The van der Waals surface area contributed by atoms with Crippen molar-refractivity contribution in [3.63, 3.8) is 0 Å². The van der Waals surface area contributed by atoms with Gasteiger partial charge in [0.05, 0.1) is 0 Å². The molecular formula is C30H41N3O4. The Labute approximate surface area is 221 Å². The molecule has 0 saturated carbocycles.